The number of hydrogen-bond donors (Lipinski definition) is 1. The van der Waals surface area contributed by atoms with Crippen LogP contribution >= 0.6 is 0 Å². The summed E-state index contributed by atoms with van der Waals surface area (Å²) in [5.41, 5.74) is 1.05. The molecule has 1 saturated heterocycles. The Balaban J connectivity index is 2.10. The highest BCUT2D eigenvalue weighted by Gasteiger charge is 2.28. The van der Waals surface area contributed by atoms with Crippen LogP contribution in [0.3, 0.4) is 0 Å². The van der Waals surface area contributed by atoms with Gasteiger partial charge in [0.05, 0.1) is 0 Å². The lowest BCUT2D eigenvalue weighted by molar-refractivity contribution is -0.145. The lowest BCUT2D eigenvalue weighted by atomic mass is 10.1. The number of carboxylic acid groups (broad SMARTS) is 1. The molecule has 1 aliphatic heterocycles. The van der Waals surface area contributed by atoms with E-state index < -0.39 is 11.8 Å². The van der Waals surface area contributed by atoms with Crippen molar-refractivity contribution in [2.75, 3.05) is 19.6 Å². The second-order valence-electron chi connectivity index (χ2n) is 6.38. The van der Waals surface area contributed by atoms with Crippen molar-refractivity contribution in [2.45, 2.75) is 39.2 Å². The first-order chi connectivity index (χ1) is 11.8. The molecule has 6 nitrogen and oxygen atoms in total. The van der Waals surface area contributed by atoms with Crippen LogP contribution in [0.15, 0.2) is 18.2 Å². The first-order valence-electron chi connectivity index (χ1n) is 8.34. The van der Waals surface area contributed by atoms with Gasteiger partial charge in [0.2, 0.25) is 5.91 Å². The molecule has 1 aromatic carbocycles. The number of aryl methyl sites for hydroxylation is 1. The Hall–Kier alpha value is -2.44. The van der Waals surface area contributed by atoms with E-state index in [1.54, 1.807) is 17.9 Å². The van der Waals surface area contributed by atoms with Crippen LogP contribution in [0.2, 0.25) is 0 Å². The molecule has 1 heterocycles. The highest BCUT2D eigenvalue weighted by atomic mass is 19.1. The van der Waals surface area contributed by atoms with Crippen molar-refractivity contribution in [3.63, 3.8) is 0 Å². The fourth-order valence-electron chi connectivity index (χ4n) is 3.23. The maximum atomic E-state index is 13.5. The van der Waals surface area contributed by atoms with Crippen LogP contribution in [0.5, 0.6) is 0 Å². The molecule has 136 valence electrons. The SMILES string of the molecule is CC(=O)N(CC(=O)O)C1CCCN(C(=O)c2cc(F)ccc2C)CC1. The van der Waals surface area contributed by atoms with Crippen molar-refractivity contribution in [2.24, 2.45) is 0 Å². The third-order valence-corrected chi connectivity index (χ3v) is 4.57. The molecule has 2 amide bonds. The summed E-state index contributed by atoms with van der Waals surface area (Å²) in [6.07, 6.45) is 1.81. The number of rotatable bonds is 4. The summed E-state index contributed by atoms with van der Waals surface area (Å²) in [5, 5.41) is 8.99. The maximum Gasteiger partial charge on any atom is 0.323 e. The fraction of sp³-hybridized carbons (Fsp3) is 0.500. The molecule has 7 heteroatoms. The van der Waals surface area contributed by atoms with Crippen molar-refractivity contribution >= 4 is 17.8 Å². The van der Waals surface area contributed by atoms with Crippen molar-refractivity contribution in [1.29, 1.82) is 0 Å². The van der Waals surface area contributed by atoms with Gasteiger partial charge >= 0.3 is 5.97 Å². The van der Waals surface area contributed by atoms with E-state index in [9.17, 15) is 18.8 Å². The number of aliphatic carboxylic acids is 1. The lowest BCUT2D eigenvalue weighted by Gasteiger charge is -2.29. The van der Waals surface area contributed by atoms with E-state index in [1.165, 1.54) is 24.0 Å². The molecule has 2 rings (SSSR count). The molecule has 1 atom stereocenters. The van der Waals surface area contributed by atoms with Gasteiger partial charge in [-0.2, -0.15) is 0 Å². The van der Waals surface area contributed by atoms with E-state index in [1.807, 2.05) is 0 Å². The first kappa shape index (κ1) is 18.9. The van der Waals surface area contributed by atoms with E-state index >= 15 is 0 Å². The summed E-state index contributed by atoms with van der Waals surface area (Å²) in [5.74, 6) is -2.02. The minimum absolute atomic E-state index is 0.208. The highest BCUT2D eigenvalue weighted by molar-refractivity contribution is 5.95. The van der Waals surface area contributed by atoms with Gasteiger partial charge in [-0.1, -0.05) is 6.07 Å². The van der Waals surface area contributed by atoms with Gasteiger partial charge in [0.15, 0.2) is 0 Å². The molecular formula is C18H23FN2O4. The van der Waals surface area contributed by atoms with Crippen molar-refractivity contribution in [3.05, 3.63) is 35.1 Å². The van der Waals surface area contributed by atoms with E-state index in [2.05, 4.69) is 0 Å². The van der Waals surface area contributed by atoms with Gasteiger partial charge < -0.3 is 14.9 Å². The summed E-state index contributed by atoms with van der Waals surface area (Å²) >= 11 is 0. The maximum absolute atomic E-state index is 13.5. The third kappa shape index (κ3) is 4.78. The summed E-state index contributed by atoms with van der Waals surface area (Å²) < 4.78 is 13.5. The second kappa shape index (κ2) is 8.09. The van der Waals surface area contributed by atoms with Gasteiger partial charge in [-0.05, 0) is 43.9 Å². The zero-order chi connectivity index (χ0) is 18.6. The summed E-state index contributed by atoms with van der Waals surface area (Å²) in [6, 6.07) is 3.93. The van der Waals surface area contributed by atoms with Gasteiger partial charge in [0.1, 0.15) is 12.4 Å². The largest absolute Gasteiger partial charge is 0.480 e. The zero-order valence-electron chi connectivity index (χ0n) is 14.5. The van der Waals surface area contributed by atoms with Gasteiger partial charge in [-0.3, -0.25) is 14.4 Å². The Morgan fingerprint density at radius 1 is 1.28 bits per heavy atom. The number of amides is 2. The monoisotopic (exact) mass is 350 g/mol. The van der Waals surface area contributed by atoms with Crippen molar-refractivity contribution < 1.29 is 23.9 Å². The Morgan fingerprint density at radius 2 is 2.00 bits per heavy atom. The van der Waals surface area contributed by atoms with Gasteiger partial charge in [-0.15, -0.1) is 0 Å². The second-order valence-corrected chi connectivity index (χ2v) is 6.38. The molecule has 25 heavy (non-hydrogen) atoms. The van der Waals surface area contributed by atoms with Crippen LogP contribution in [-0.4, -0.2) is 58.4 Å². The quantitative estimate of drug-likeness (QED) is 0.902. The standard InChI is InChI=1S/C18H23FN2O4/c1-12-5-6-14(19)10-16(12)18(25)20-8-3-4-15(7-9-20)21(13(2)22)11-17(23)24/h5-6,10,15H,3-4,7-9,11H2,1-2H3,(H,23,24). The average molecular weight is 350 g/mol. The predicted octanol–water partition coefficient (Wildman–Crippen LogP) is 2.06. The molecule has 1 aliphatic rings. The van der Waals surface area contributed by atoms with Crippen LogP contribution in [0.25, 0.3) is 0 Å². The smallest absolute Gasteiger partial charge is 0.323 e. The molecule has 1 N–H and O–H groups in total. The van der Waals surface area contributed by atoms with Crippen LogP contribution in [-0.2, 0) is 9.59 Å². The van der Waals surface area contributed by atoms with Gasteiger partial charge in [-0.25, -0.2) is 4.39 Å². The van der Waals surface area contributed by atoms with E-state index in [4.69, 9.17) is 5.11 Å². The van der Waals surface area contributed by atoms with Crippen molar-refractivity contribution in [3.8, 4) is 0 Å². The summed E-state index contributed by atoms with van der Waals surface area (Å²) in [6.45, 7) is 3.69. The minimum atomic E-state index is -1.05. The van der Waals surface area contributed by atoms with Crippen LogP contribution < -0.4 is 0 Å². The van der Waals surface area contributed by atoms with Crippen LogP contribution in [0, 0.1) is 12.7 Å². The number of carbonyl (C=O) groups excluding carboxylic acids is 2. The topological polar surface area (TPSA) is 77.9 Å². The molecule has 0 saturated carbocycles. The molecule has 0 spiro atoms. The van der Waals surface area contributed by atoms with E-state index in [0.29, 0.717) is 43.5 Å². The summed E-state index contributed by atoms with van der Waals surface area (Å²) in [4.78, 5) is 38.4. The van der Waals surface area contributed by atoms with Crippen molar-refractivity contribution in [1.82, 2.24) is 9.80 Å². The fourth-order valence-corrected chi connectivity index (χ4v) is 3.23. The number of carboxylic acids is 1. The zero-order valence-corrected chi connectivity index (χ0v) is 14.5. The number of carbonyl (C=O) groups is 3. The predicted molar refractivity (Wildman–Crippen MR) is 89.7 cm³/mol. The first-order valence-corrected chi connectivity index (χ1v) is 8.34. The molecular weight excluding hydrogens is 327 g/mol. The Kier molecular flexibility index (Phi) is 6.12. The number of nitrogens with zero attached hydrogens (tertiary/aromatic N) is 2. The van der Waals surface area contributed by atoms with E-state index in [-0.39, 0.29) is 24.4 Å². The molecule has 0 aliphatic carbocycles. The number of benzene rings is 1. The number of likely N-dealkylation sites (tertiary alicyclic amines) is 1. The van der Waals surface area contributed by atoms with Gasteiger partial charge in [0, 0.05) is 31.6 Å². The molecule has 0 bridgehead atoms. The van der Waals surface area contributed by atoms with Gasteiger partial charge in [0.25, 0.3) is 5.91 Å². The molecule has 1 aromatic rings. The molecule has 0 radical (unpaired) electrons. The molecule has 1 unspecified atom stereocenters. The Bertz CT molecular complexity index is 677. The number of halogens is 1. The minimum Gasteiger partial charge on any atom is -0.480 e. The number of hydrogen-bond acceptors (Lipinski definition) is 3. The Labute approximate surface area is 146 Å². The highest BCUT2D eigenvalue weighted by Crippen LogP contribution is 2.20. The normalized spacial score (nSPS) is 17.7. The third-order valence-electron chi connectivity index (χ3n) is 4.57. The van der Waals surface area contributed by atoms with Crippen LogP contribution in [0.4, 0.5) is 4.39 Å². The van der Waals surface area contributed by atoms with E-state index in [0.717, 1.165) is 0 Å². The lowest BCUT2D eigenvalue weighted by Crippen LogP contribution is -2.43. The summed E-state index contributed by atoms with van der Waals surface area (Å²) in [7, 11) is 0. The average Bonchev–Trinajstić information content (AvgIpc) is 2.79. The molecule has 1 fully saturated rings. The molecule has 0 aromatic heterocycles. The Morgan fingerprint density at radius 3 is 2.64 bits per heavy atom. The van der Waals surface area contributed by atoms with Crippen LogP contribution in [0.1, 0.15) is 42.1 Å².